The van der Waals surface area contributed by atoms with Crippen molar-refractivity contribution in [2.45, 2.75) is 30.6 Å². The van der Waals surface area contributed by atoms with Crippen molar-refractivity contribution in [2.75, 3.05) is 6.54 Å². The molecule has 2 aromatic rings. The third kappa shape index (κ3) is 5.69. The molecule has 8 nitrogen and oxygen atoms in total. The van der Waals surface area contributed by atoms with Crippen LogP contribution in [-0.2, 0) is 19.6 Å². The predicted molar refractivity (Wildman–Crippen MR) is 93.1 cm³/mol. The number of primary sulfonamides is 1. The van der Waals surface area contributed by atoms with E-state index >= 15 is 0 Å². The number of thiophene rings is 1. The Bertz CT molecular complexity index is 912. The molecule has 0 unspecified atom stereocenters. The molecule has 0 aliphatic heterocycles. The second-order valence-corrected chi connectivity index (χ2v) is 9.01. The fourth-order valence-corrected chi connectivity index (χ4v) is 3.63. The molecule has 0 saturated carbocycles. The highest BCUT2D eigenvalue weighted by atomic mass is 32.2. The predicted octanol–water partition coefficient (Wildman–Crippen LogP) is 1.98. The summed E-state index contributed by atoms with van der Waals surface area (Å²) >= 11 is 1.02. The Hall–Kier alpha value is -2.17. The topological polar surface area (TPSA) is 125 Å². The van der Waals surface area contributed by atoms with Gasteiger partial charge in [0.2, 0.25) is 10.0 Å². The van der Waals surface area contributed by atoms with Crippen molar-refractivity contribution >= 4 is 43.5 Å². The summed E-state index contributed by atoms with van der Waals surface area (Å²) in [5.74, 6) is -0.464. The van der Waals surface area contributed by atoms with Gasteiger partial charge in [-0.05, 0) is 50.4 Å². The number of nitrogens with two attached hydrogens (primary N) is 1. The Morgan fingerprint density at radius 1 is 1.24 bits per heavy atom. The molecule has 0 aliphatic carbocycles. The lowest BCUT2D eigenvalue weighted by Gasteiger charge is -2.19. The molecule has 0 fully saturated rings. The summed E-state index contributed by atoms with van der Waals surface area (Å²) in [6.07, 6.45) is -0.726. The highest BCUT2D eigenvalue weighted by Gasteiger charge is 2.17. The number of carbonyl (C=O) groups excluding carboxylic acids is 2. The number of nitrogens with one attached hydrogen (secondary N) is 1. The van der Waals surface area contributed by atoms with E-state index in [1.54, 1.807) is 26.8 Å². The highest BCUT2D eigenvalue weighted by Crippen LogP contribution is 2.31. The van der Waals surface area contributed by atoms with E-state index in [2.05, 4.69) is 5.32 Å². The van der Waals surface area contributed by atoms with Gasteiger partial charge in [0.25, 0.3) is 0 Å². The van der Waals surface area contributed by atoms with Crippen LogP contribution in [0.2, 0.25) is 0 Å². The first kappa shape index (κ1) is 19.2. The van der Waals surface area contributed by atoms with Gasteiger partial charge in [-0.3, -0.25) is 0 Å². The Balaban J connectivity index is 2.00. The maximum absolute atomic E-state index is 11.8. The summed E-state index contributed by atoms with van der Waals surface area (Å²) in [7, 11) is -3.78. The number of hydrogen-bond donors (Lipinski definition) is 2. The summed E-state index contributed by atoms with van der Waals surface area (Å²) in [6.45, 7) is 4.75. The van der Waals surface area contributed by atoms with Gasteiger partial charge >= 0.3 is 12.1 Å². The highest BCUT2D eigenvalue weighted by molar-refractivity contribution is 7.91. The molecule has 25 heavy (non-hydrogen) atoms. The Morgan fingerprint density at radius 2 is 1.92 bits per heavy atom. The van der Waals surface area contributed by atoms with Gasteiger partial charge < -0.3 is 14.8 Å². The monoisotopic (exact) mass is 386 g/mol. The largest absolute Gasteiger partial charge is 0.444 e. The van der Waals surface area contributed by atoms with E-state index in [0.29, 0.717) is 10.1 Å². The first-order valence-electron chi connectivity index (χ1n) is 7.18. The molecule has 3 N–H and O–H groups in total. The Kier molecular flexibility index (Phi) is 5.35. The second-order valence-electron chi connectivity index (χ2n) is 6.14. The Labute approximate surface area is 149 Å². The standard InChI is InChI=1S/C15H18N2O6S2/c1-15(2,3)23-14(19)17-8-12(18)22-10-4-5-11-9(6-10)7-13(24-11)25(16,20)21/h4-7H,8H2,1-3H3,(H,17,19)(H2,16,20,21). The summed E-state index contributed by atoms with van der Waals surface area (Å²) in [6, 6.07) is 6.08. The molecule has 10 heteroatoms. The van der Waals surface area contributed by atoms with E-state index < -0.39 is 27.7 Å². The van der Waals surface area contributed by atoms with Crippen LogP contribution in [-0.4, -0.2) is 32.6 Å². The van der Waals surface area contributed by atoms with Crippen LogP contribution in [0, 0.1) is 0 Å². The van der Waals surface area contributed by atoms with Gasteiger partial charge in [-0.25, -0.2) is 23.1 Å². The quantitative estimate of drug-likeness (QED) is 0.611. The number of esters is 1. The first-order chi connectivity index (χ1) is 11.4. The first-order valence-corrected chi connectivity index (χ1v) is 9.54. The Morgan fingerprint density at radius 3 is 2.52 bits per heavy atom. The molecular formula is C15H18N2O6S2. The van der Waals surface area contributed by atoms with E-state index in [1.807, 2.05) is 0 Å². The van der Waals surface area contributed by atoms with Crippen LogP contribution in [0.3, 0.4) is 0 Å². The molecule has 1 aromatic heterocycles. The minimum atomic E-state index is -3.78. The van der Waals surface area contributed by atoms with Crippen molar-refractivity contribution in [2.24, 2.45) is 5.14 Å². The third-order valence-electron chi connectivity index (χ3n) is 2.75. The molecule has 1 aromatic carbocycles. The van der Waals surface area contributed by atoms with Gasteiger partial charge in [0.1, 0.15) is 22.1 Å². The van der Waals surface area contributed by atoms with E-state index in [4.69, 9.17) is 14.6 Å². The van der Waals surface area contributed by atoms with Crippen molar-refractivity contribution in [3.8, 4) is 5.75 Å². The molecule has 0 radical (unpaired) electrons. The average molecular weight is 386 g/mol. The molecule has 0 saturated heterocycles. The fraction of sp³-hybridized carbons (Fsp3) is 0.333. The van der Waals surface area contributed by atoms with Crippen LogP contribution < -0.4 is 15.2 Å². The number of carbonyl (C=O) groups is 2. The molecule has 0 aliphatic rings. The lowest BCUT2D eigenvalue weighted by atomic mass is 10.2. The molecule has 136 valence electrons. The van der Waals surface area contributed by atoms with Crippen LogP contribution >= 0.6 is 11.3 Å². The number of hydrogen-bond acceptors (Lipinski definition) is 7. The molecule has 1 amide bonds. The number of benzene rings is 1. The normalized spacial score (nSPS) is 12.0. The van der Waals surface area contributed by atoms with Crippen molar-refractivity contribution in [3.05, 3.63) is 24.3 Å². The second kappa shape index (κ2) is 6.98. The van der Waals surface area contributed by atoms with Gasteiger partial charge in [0.15, 0.2) is 0 Å². The van der Waals surface area contributed by atoms with E-state index in [9.17, 15) is 18.0 Å². The summed E-state index contributed by atoms with van der Waals surface area (Å²) < 4.78 is 33.6. The van der Waals surface area contributed by atoms with Gasteiger partial charge in [-0.2, -0.15) is 0 Å². The van der Waals surface area contributed by atoms with Crippen LogP contribution in [0.1, 0.15) is 20.8 Å². The van der Waals surface area contributed by atoms with Gasteiger partial charge in [0.05, 0.1) is 0 Å². The van der Waals surface area contributed by atoms with Crippen molar-refractivity contribution < 1.29 is 27.5 Å². The fourth-order valence-electron chi connectivity index (χ4n) is 1.83. The van der Waals surface area contributed by atoms with E-state index in [1.165, 1.54) is 18.2 Å². The summed E-state index contributed by atoms with van der Waals surface area (Å²) in [4.78, 5) is 23.3. The molecule has 0 bridgehead atoms. The zero-order valence-electron chi connectivity index (χ0n) is 13.9. The number of fused-ring (bicyclic) bond motifs is 1. The van der Waals surface area contributed by atoms with E-state index in [0.717, 1.165) is 11.3 Å². The molecule has 0 atom stereocenters. The van der Waals surface area contributed by atoms with Crippen LogP contribution in [0.4, 0.5) is 4.79 Å². The molecular weight excluding hydrogens is 368 g/mol. The lowest BCUT2D eigenvalue weighted by Crippen LogP contribution is -2.36. The van der Waals surface area contributed by atoms with Crippen molar-refractivity contribution in [1.29, 1.82) is 0 Å². The van der Waals surface area contributed by atoms with Gasteiger partial charge in [0, 0.05) is 4.70 Å². The number of rotatable bonds is 4. The SMILES string of the molecule is CC(C)(C)OC(=O)NCC(=O)Oc1ccc2sc(S(N)(=O)=O)cc2c1. The van der Waals surface area contributed by atoms with Crippen LogP contribution in [0.25, 0.3) is 10.1 Å². The summed E-state index contributed by atoms with van der Waals surface area (Å²) in [5, 5.41) is 7.97. The third-order valence-corrected chi connectivity index (χ3v) is 5.29. The minimum Gasteiger partial charge on any atom is -0.444 e. The maximum atomic E-state index is 11.8. The number of sulfonamides is 1. The average Bonchev–Trinajstić information content (AvgIpc) is 2.86. The zero-order chi connectivity index (χ0) is 18.8. The van der Waals surface area contributed by atoms with Crippen molar-refractivity contribution in [3.63, 3.8) is 0 Å². The lowest BCUT2D eigenvalue weighted by molar-refractivity contribution is -0.133. The van der Waals surface area contributed by atoms with Gasteiger partial charge in [-0.1, -0.05) is 0 Å². The smallest absolute Gasteiger partial charge is 0.408 e. The number of alkyl carbamates (subject to hydrolysis) is 1. The molecule has 2 rings (SSSR count). The summed E-state index contributed by atoms with van der Waals surface area (Å²) in [5.41, 5.74) is -0.668. The van der Waals surface area contributed by atoms with Gasteiger partial charge in [-0.15, -0.1) is 11.3 Å². The minimum absolute atomic E-state index is 0.0255. The van der Waals surface area contributed by atoms with Crippen LogP contribution in [0.5, 0.6) is 5.75 Å². The maximum Gasteiger partial charge on any atom is 0.408 e. The number of amides is 1. The molecule has 1 heterocycles. The van der Waals surface area contributed by atoms with Crippen LogP contribution in [0.15, 0.2) is 28.5 Å². The van der Waals surface area contributed by atoms with Crippen molar-refractivity contribution in [1.82, 2.24) is 5.32 Å². The van der Waals surface area contributed by atoms with E-state index in [-0.39, 0.29) is 16.5 Å². The number of ether oxygens (including phenoxy) is 2. The zero-order valence-corrected chi connectivity index (χ0v) is 15.5. The molecule has 0 spiro atoms.